The second-order valence-electron chi connectivity index (χ2n) is 4.86. The quantitative estimate of drug-likeness (QED) is 0.603. The summed E-state index contributed by atoms with van der Waals surface area (Å²) in [5.41, 5.74) is -0.531. The summed E-state index contributed by atoms with van der Waals surface area (Å²) in [6, 6.07) is 3.60. The smallest absolute Gasteiger partial charge is 0.305 e. The molecule has 0 amide bonds. The van der Waals surface area contributed by atoms with Crippen molar-refractivity contribution in [3.8, 4) is 5.75 Å². The first kappa shape index (κ1) is 14.7. The van der Waals surface area contributed by atoms with Gasteiger partial charge in [0.15, 0.2) is 0 Å². The average molecular weight is 283 g/mol. The fourth-order valence-corrected chi connectivity index (χ4v) is 2.09. The highest BCUT2D eigenvalue weighted by molar-refractivity contribution is 5.37. The van der Waals surface area contributed by atoms with Crippen LogP contribution in [0.4, 0.5) is 10.1 Å². The summed E-state index contributed by atoms with van der Waals surface area (Å²) in [5, 5.41) is 10.5. The highest BCUT2D eigenvalue weighted by atomic mass is 19.1. The molecule has 0 bridgehead atoms. The Kier molecular flexibility index (Phi) is 4.86. The van der Waals surface area contributed by atoms with Crippen LogP contribution in [0.25, 0.3) is 0 Å². The van der Waals surface area contributed by atoms with Gasteiger partial charge in [0.1, 0.15) is 12.4 Å². The molecule has 0 radical (unpaired) electrons. The van der Waals surface area contributed by atoms with Gasteiger partial charge in [-0.1, -0.05) is 0 Å². The molecule has 20 heavy (non-hydrogen) atoms. The minimum absolute atomic E-state index is 0.322. The van der Waals surface area contributed by atoms with Crippen LogP contribution in [0.1, 0.15) is 0 Å². The van der Waals surface area contributed by atoms with Crippen LogP contribution in [-0.4, -0.2) is 61.1 Å². The molecule has 0 unspecified atom stereocenters. The summed E-state index contributed by atoms with van der Waals surface area (Å²) in [7, 11) is 2.09. The molecule has 1 aliphatic heterocycles. The molecule has 1 heterocycles. The second-order valence-corrected chi connectivity index (χ2v) is 4.86. The fraction of sp³-hybridized carbons (Fsp3) is 0.538. The summed E-state index contributed by atoms with van der Waals surface area (Å²) in [4.78, 5) is 14.3. The number of rotatable bonds is 5. The van der Waals surface area contributed by atoms with Gasteiger partial charge in [-0.25, -0.2) is 0 Å². The van der Waals surface area contributed by atoms with Crippen LogP contribution < -0.4 is 4.74 Å². The maximum atomic E-state index is 13.4. The Labute approximate surface area is 116 Å². The lowest BCUT2D eigenvalue weighted by Gasteiger charge is -2.32. The third-order valence-electron chi connectivity index (χ3n) is 3.39. The first-order chi connectivity index (χ1) is 9.56. The van der Waals surface area contributed by atoms with Gasteiger partial charge in [-0.3, -0.25) is 15.0 Å². The van der Waals surface area contributed by atoms with Crippen molar-refractivity contribution in [1.82, 2.24) is 9.80 Å². The Morgan fingerprint density at radius 1 is 1.35 bits per heavy atom. The largest absolute Gasteiger partial charge is 0.492 e. The molecule has 6 nitrogen and oxygen atoms in total. The molecule has 1 aromatic carbocycles. The van der Waals surface area contributed by atoms with E-state index in [4.69, 9.17) is 4.74 Å². The van der Waals surface area contributed by atoms with Crippen molar-refractivity contribution < 1.29 is 14.1 Å². The van der Waals surface area contributed by atoms with Crippen LogP contribution in [0.5, 0.6) is 5.75 Å². The van der Waals surface area contributed by atoms with E-state index in [0.29, 0.717) is 12.4 Å². The van der Waals surface area contributed by atoms with E-state index in [1.54, 1.807) is 0 Å². The molecule has 0 saturated carbocycles. The van der Waals surface area contributed by atoms with Gasteiger partial charge >= 0.3 is 5.69 Å². The summed E-state index contributed by atoms with van der Waals surface area (Å²) >= 11 is 0. The van der Waals surface area contributed by atoms with Gasteiger partial charge in [0, 0.05) is 44.9 Å². The molecule has 1 fully saturated rings. The number of ether oxygens (including phenoxy) is 1. The second kappa shape index (κ2) is 6.62. The molecule has 1 saturated heterocycles. The Morgan fingerprint density at radius 2 is 2.05 bits per heavy atom. The molecular formula is C13H18FN3O3. The predicted octanol–water partition coefficient (Wildman–Crippen LogP) is 1.36. The molecule has 0 atom stereocenters. The first-order valence-corrected chi connectivity index (χ1v) is 6.54. The zero-order chi connectivity index (χ0) is 14.5. The van der Waals surface area contributed by atoms with Crippen molar-refractivity contribution in [2.45, 2.75) is 0 Å². The predicted molar refractivity (Wildman–Crippen MR) is 72.5 cm³/mol. The van der Waals surface area contributed by atoms with E-state index >= 15 is 0 Å². The van der Waals surface area contributed by atoms with Crippen molar-refractivity contribution in [3.05, 3.63) is 34.1 Å². The molecular weight excluding hydrogens is 265 g/mol. The van der Waals surface area contributed by atoms with Crippen LogP contribution in [0, 0.1) is 15.9 Å². The lowest BCUT2D eigenvalue weighted by Crippen LogP contribution is -2.45. The standard InChI is InChI=1S/C13H18FN3O3/c1-15-4-6-16(7-5-15)8-9-20-11-2-3-13(17(18)19)12(14)10-11/h2-3,10H,4-9H2,1H3. The van der Waals surface area contributed by atoms with Crippen molar-refractivity contribution >= 4 is 5.69 Å². The molecule has 1 aliphatic rings. The van der Waals surface area contributed by atoms with Gasteiger partial charge < -0.3 is 9.64 Å². The van der Waals surface area contributed by atoms with Gasteiger partial charge in [0.05, 0.1) is 4.92 Å². The third kappa shape index (κ3) is 3.88. The van der Waals surface area contributed by atoms with Gasteiger partial charge in [-0.2, -0.15) is 4.39 Å². The molecule has 0 aliphatic carbocycles. The average Bonchev–Trinajstić information content (AvgIpc) is 2.41. The van der Waals surface area contributed by atoms with Crippen molar-refractivity contribution in [3.63, 3.8) is 0 Å². The molecule has 0 N–H and O–H groups in total. The maximum absolute atomic E-state index is 13.4. The number of nitro groups is 1. The third-order valence-corrected chi connectivity index (χ3v) is 3.39. The summed E-state index contributed by atoms with van der Waals surface area (Å²) in [5.74, 6) is -0.547. The number of hydrogen-bond donors (Lipinski definition) is 0. The van der Waals surface area contributed by atoms with Crippen LogP contribution in [-0.2, 0) is 0 Å². The SMILES string of the molecule is CN1CCN(CCOc2ccc([N+](=O)[O-])c(F)c2)CC1. The van der Waals surface area contributed by atoms with E-state index in [9.17, 15) is 14.5 Å². The van der Waals surface area contributed by atoms with Crippen LogP contribution in [0.15, 0.2) is 18.2 Å². The highest BCUT2D eigenvalue weighted by Crippen LogP contribution is 2.22. The van der Waals surface area contributed by atoms with Crippen LogP contribution in [0.3, 0.4) is 0 Å². The zero-order valence-corrected chi connectivity index (χ0v) is 11.4. The van der Waals surface area contributed by atoms with E-state index in [0.717, 1.165) is 44.9 Å². The van der Waals surface area contributed by atoms with Gasteiger partial charge in [-0.15, -0.1) is 0 Å². The Hall–Kier alpha value is -1.73. The van der Waals surface area contributed by atoms with Crippen LogP contribution in [0.2, 0.25) is 0 Å². The highest BCUT2D eigenvalue weighted by Gasteiger charge is 2.15. The molecule has 0 spiro atoms. The van der Waals surface area contributed by atoms with E-state index in [2.05, 4.69) is 16.8 Å². The summed E-state index contributed by atoms with van der Waals surface area (Å²) in [6.07, 6.45) is 0. The number of piperazine rings is 1. The van der Waals surface area contributed by atoms with E-state index in [-0.39, 0.29) is 0 Å². The normalized spacial score (nSPS) is 17.1. The summed E-state index contributed by atoms with van der Waals surface area (Å²) < 4.78 is 18.8. The Morgan fingerprint density at radius 3 is 2.65 bits per heavy atom. The van der Waals surface area contributed by atoms with Gasteiger partial charge in [-0.05, 0) is 13.1 Å². The monoisotopic (exact) mass is 283 g/mol. The molecule has 0 aromatic heterocycles. The maximum Gasteiger partial charge on any atom is 0.305 e. The van der Waals surface area contributed by atoms with E-state index in [1.165, 1.54) is 6.07 Å². The minimum Gasteiger partial charge on any atom is -0.492 e. The number of likely N-dealkylation sites (N-methyl/N-ethyl adjacent to an activating group) is 1. The number of nitrogens with zero attached hydrogens (tertiary/aromatic N) is 3. The first-order valence-electron chi connectivity index (χ1n) is 6.54. The number of nitro benzene ring substituents is 1. The van der Waals surface area contributed by atoms with Crippen molar-refractivity contribution in [1.29, 1.82) is 0 Å². The zero-order valence-electron chi connectivity index (χ0n) is 11.4. The van der Waals surface area contributed by atoms with Crippen molar-refractivity contribution in [2.75, 3.05) is 46.4 Å². The number of halogens is 1. The minimum atomic E-state index is -0.868. The van der Waals surface area contributed by atoms with E-state index in [1.807, 2.05) is 0 Å². The van der Waals surface area contributed by atoms with Gasteiger partial charge in [0.2, 0.25) is 5.82 Å². The molecule has 110 valence electrons. The molecule has 1 aromatic rings. The van der Waals surface area contributed by atoms with Crippen molar-refractivity contribution in [2.24, 2.45) is 0 Å². The van der Waals surface area contributed by atoms with Crippen LogP contribution >= 0.6 is 0 Å². The molecule has 7 heteroatoms. The number of benzene rings is 1. The number of hydrogen-bond acceptors (Lipinski definition) is 5. The molecule has 2 rings (SSSR count). The fourth-order valence-electron chi connectivity index (χ4n) is 2.09. The van der Waals surface area contributed by atoms with E-state index < -0.39 is 16.4 Å². The Bertz CT molecular complexity index is 476. The summed E-state index contributed by atoms with van der Waals surface area (Å²) in [6.45, 7) is 5.27. The Balaban J connectivity index is 1.79. The lowest BCUT2D eigenvalue weighted by molar-refractivity contribution is -0.387. The topological polar surface area (TPSA) is 58.8 Å². The lowest BCUT2D eigenvalue weighted by atomic mass is 10.3. The van der Waals surface area contributed by atoms with Gasteiger partial charge in [0.25, 0.3) is 0 Å².